The summed E-state index contributed by atoms with van der Waals surface area (Å²) in [6.07, 6.45) is 8.17. The molecule has 0 saturated heterocycles. The van der Waals surface area contributed by atoms with Gasteiger partial charge in [-0.1, -0.05) is 44.3 Å². The second-order valence-corrected chi connectivity index (χ2v) is 7.78. The lowest BCUT2D eigenvalue weighted by Gasteiger charge is -2.26. The third-order valence-electron chi connectivity index (χ3n) is 4.88. The lowest BCUT2D eigenvalue weighted by molar-refractivity contribution is -0.119. The van der Waals surface area contributed by atoms with Gasteiger partial charge in [0.25, 0.3) is 5.91 Å². The molecular formula is C20H29N5O2S. The van der Waals surface area contributed by atoms with Crippen molar-refractivity contribution in [1.29, 1.82) is 0 Å². The summed E-state index contributed by atoms with van der Waals surface area (Å²) in [5, 5.41) is 6.16. The van der Waals surface area contributed by atoms with E-state index in [1.807, 2.05) is 0 Å². The summed E-state index contributed by atoms with van der Waals surface area (Å²) >= 11 is 5.23. The van der Waals surface area contributed by atoms with E-state index in [0.29, 0.717) is 40.0 Å². The number of thiocarbonyl (C=S) groups is 1. The second-order valence-electron chi connectivity index (χ2n) is 7.34. The summed E-state index contributed by atoms with van der Waals surface area (Å²) < 4.78 is 0. The Balaban J connectivity index is 2.19. The van der Waals surface area contributed by atoms with Gasteiger partial charge in [0.15, 0.2) is 0 Å². The molecule has 1 aromatic rings. The topological polar surface area (TPSA) is 136 Å². The van der Waals surface area contributed by atoms with Crippen molar-refractivity contribution >= 4 is 40.4 Å². The summed E-state index contributed by atoms with van der Waals surface area (Å²) in [5.74, 6) is -0.485. The third kappa shape index (κ3) is 6.53. The van der Waals surface area contributed by atoms with Gasteiger partial charge in [-0.2, -0.15) is 0 Å². The molecule has 0 radical (unpaired) electrons. The Morgan fingerprint density at radius 1 is 1.21 bits per heavy atom. The van der Waals surface area contributed by atoms with Crippen molar-refractivity contribution in [3.63, 3.8) is 0 Å². The molecule has 8 N–H and O–H groups in total. The van der Waals surface area contributed by atoms with Crippen LogP contribution in [0.1, 0.15) is 55.8 Å². The van der Waals surface area contributed by atoms with Gasteiger partial charge in [0.2, 0.25) is 5.91 Å². The van der Waals surface area contributed by atoms with Crippen molar-refractivity contribution in [2.24, 2.45) is 23.1 Å². The van der Waals surface area contributed by atoms with E-state index in [-0.39, 0.29) is 0 Å². The third-order valence-corrected chi connectivity index (χ3v) is 5.10. The predicted octanol–water partition coefficient (Wildman–Crippen LogP) is 2.62. The fraction of sp³-hybridized carbons (Fsp3) is 0.450. The van der Waals surface area contributed by atoms with Crippen LogP contribution in [0.15, 0.2) is 30.0 Å². The van der Waals surface area contributed by atoms with Crippen molar-refractivity contribution in [2.45, 2.75) is 51.5 Å². The number of allylic oxidation sites excluding steroid dienone is 1. The number of nitrogens with two attached hydrogens (primary N) is 3. The van der Waals surface area contributed by atoms with Gasteiger partial charge >= 0.3 is 0 Å². The lowest BCUT2D eigenvalue weighted by Crippen LogP contribution is -2.37. The van der Waals surface area contributed by atoms with E-state index in [1.54, 1.807) is 31.2 Å². The number of carbonyl (C=O) groups is 2. The zero-order valence-electron chi connectivity index (χ0n) is 16.2. The molecule has 1 atom stereocenters. The van der Waals surface area contributed by atoms with Crippen LogP contribution in [0.4, 0.5) is 11.4 Å². The number of hydrogen-bond acceptors (Lipinski definition) is 5. The largest absolute Gasteiger partial charge is 0.402 e. The zero-order valence-corrected chi connectivity index (χ0v) is 17.0. The number of rotatable bonds is 8. The Morgan fingerprint density at radius 3 is 2.46 bits per heavy atom. The molecule has 0 spiro atoms. The van der Waals surface area contributed by atoms with Gasteiger partial charge < -0.3 is 27.8 Å². The van der Waals surface area contributed by atoms with Crippen LogP contribution in [-0.2, 0) is 4.79 Å². The molecule has 0 aromatic heterocycles. The van der Waals surface area contributed by atoms with E-state index in [2.05, 4.69) is 10.6 Å². The van der Waals surface area contributed by atoms with Crippen molar-refractivity contribution in [2.75, 3.05) is 10.6 Å². The van der Waals surface area contributed by atoms with Crippen LogP contribution in [-0.4, -0.2) is 22.8 Å². The molecule has 1 aliphatic carbocycles. The Kier molecular flexibility index (Phi) is 7.80. The first-order chi connectivity index (χ1) is 13.3. The van der Waals surface area contributed by atoms with Gasteiger partial charge in [0, 0.05) is 11.4 Å². The maximum absolute atomic E-state index is 12.0. The number of nitrogens with one attached hydrogen (secondary N) is 2. The molecule has 0 bridgehead atoms. The quantitative estimate of drug-likeness (QED) is 0.334. The summed E-state index contributed by atoms with van der Waals surface area (Å²) in [7, 11) is 0. The maximum Gasteiger partial charge on any atom is 0.250 e. The van der Waals surface area contributed by atoms with E-state index in [1.165, 1.54) is 19.3 Å². The molecule has 2 amide bonds. The van der Waals surface area contributed by atoms with Crippen molar-refractivity contribution in [1.82, 2.24) is 0 Å². The maximum atomic E-state index is 12.0. The molecule has 1 fully saturated rings. The highest BCUT2D eigenvalue weighted by Crippen LogP contribution is 2.29. The minimum absolute atomic E-state index is 0.291. The van der Waals surface area contributed by atoms with Crippen molar-refractivity contribution < 1.29 is 9.59 Å². The fourth-order valence-electron chi connectivity index (χ4n) is 3.53. The fourth-order valence-corrected chi connectivity index (χ4v) is 3.83. The predicted molar refractivity (Wildman–Crippen MR) is 117 cm³/mol. The molecule has 1 aromatic carbocycles. The van der Waals surface area contributed by atoms with Crippen molar-refractivity contribution in [3.8, 4) is 0 Å². The number of benzene rings is 1. The second kappa shape index (κ2) is 10.1. The molecule has 0 aliphatic heterocycles. The summed E-state index contributed by atoms with van der Waals surface area (Å²) in [4.78, 5) is 24.1. The van der Waals surface area contributed by atoms with Crippen LogP contribution in [0.2, 0.25) is 0 Å². The van der Waals surface area contributed by atoms with Gasteiger partial charge in [0.1, 0.15) is 11.0 Å². The van der Waals surface area contributed by atoms with E-state index in [0.717, 1.165) is 12.8 Å². The molecule has 152 valence electrons. The molecule has 1 saturated carbocycles. The minimum Gasteiger partial charge on any atom is -0.402 e. The van der Waals surface area contributed by atoms with E-state index < -0.39 is 17.9 Å². The Morgan fingerprint density at radius 2 is 1.89 bits per heavy atom. The lowest BCUT2D eigenvalue weighted by atomic mass is 9.84. The Labute approximate surface area is 171 Å². The van der Waals surface area contributed by atoms with E-state index >= 15 is 0 Å². The van der Waals surface area contributed by atoms with Gasteiger partial charge in [-0.25, -0.2) is 0 Å². The smallest absolute Gasteiger partial charge is 0.250 e. The first-order valence-corrected chi connectivity index (χ1v) is 9.91. The van der Waals surface area contributed by atoms with Crippen molar-refractivity contribution in [3.05, 3.63) is 35.5 Å². The van der Waals surface area contributed by atoms with Crippen LogP contribution in [0.5, 0.6) is 0 Å². The average molecular weight is 404 g/mol. The van der Waals surface area contributed by atoms with Crippen LogP contribution in [0.25, 0.3) is 0 Å². The van der Waals surface area contributed by atoms with Gasteiger partial charge in [0.05, 0.1) is 11.3 Å². The van der Waals surface area contributed by atoms with E-state index in [4.69, 9.17) is 29.4 Å². The molecule has 28 heavy (non-hydrogen) atoms. The number of amides is 2. The summed E-state index contributed by atoms with van der Waals surface area (Å²) in [5.41, 5.74) is 18.6. The van der Waals surface area contributed by atoms with Gasteiger partial charge in [-0.3, -0.25) is 9.59 Å². The molecule has 8 heteroatoms. The number of carbonyl (C=O) groups excluding carboxylic acids is 2. The summed E-state index contributed by atoms with van der Waals surface area (Å²) in [6, 6.07) is 4.51. The highest BCUT2D eigenvalue weighted by Gasteiger charge is 2.23. The van der Waals surface area contributed by atoms with Crippen LogP contribution in [0, 0.1) is 5.92 Å². The average Bonchev–Trinajstić information content (AvgIpc) is 2.61. The number of anilines is 2. The first-order valence-electron chi connectivity index (χ1n) is 9.50. The highest BCUT2D eigenvalue weighted by atomic mass is 32.1. The first kappa shape index (κ1) is 21.7. The SMILES string of the molecule is CC(N)=CC(=S)Nc1cc(N[C@H](CC2CCCCC2)C(N)=O)ccc1C(N)=O. The molecule has 1 aliphatic rings. The standard InChI is InChI=1S/C20H29N5O2S/c1-12(21)9-18(28)25-16-11-14(7-8-15(16)19(22)26)24-17(20(23)27)10-13-5-3-2-4-6-13/h7-9,11,13,17,24H,2-6,10,21H2,1H3,(H2,22,26)(H2,23,27)(H,25,28)/t17-/m1/s1. The van der Waals surface area contributed by atoms with Crippen LogP contribution < -0.4 is 27.8 Å². The normalized spacial score (nSPS) is 16.2. The van der Waals surface area contributed by atoms with E-state index in [9.17, 15) is 9.59 Å². The summed E-state index contributed by atoms with van der Waals surface area (Å²) in [6.45, 7) is 1.71. The van der Waals surface area contributed by atoms with Crippen LogP contribution >= 0.6 is 12.2 Å². The highest BCUT2D eigenvalue weighted by molar-refractivity contribution is 7.81. The molecular weight excluding hydrogens is 374 g/mol. The van der Waals surface area contributed by atoms with Gasteiger partial charge in [-0.15, -0.1) is 0 Å². The minimum atomic E-state index is -0.584. The Hall–Kier alpha value is -2.61. The molecule has 0 heterocycles. The van der Waals surface area contributed by atoms with Gasteiger partial charge in [-0.05, 0) is 43.5 Å². The van der Waals surface area contributed by atoms with Crippen LogP contribution in [0.3, 0.4) is 0 Å². The monoisotopic (exact) mass is 403 g/mol. The molecule has 2 rings (SSSR count). The molecule has 7 nitrogen and oxygen atoms in total. The Bertz CT molecular complexity index is 768. The zero-order chi connectivity index (χ0) is 20.7. The number of hydrogen-bond donors (Lipinski definition) is 5. The molecule has 0 unspecified atom stereocenters. The number of primary amides is 2.